The van der Waals surface area contributed by atoms with Crippen LogP contribution in [0.5, 0.6) is 0 Å². The maximum atomic E-state index is 13.5. The van der Waals surface area contributed by atoms with Crippen LogP contribution in [0.2, 0.25) is 0 Å². The molecule has 1 N–H and O–H groups in total. The van der Waals surface area contributed by atoms with Gasteiger partial charge < -0.3 is 9.72 Å². The normalized spacial score (nSPS) is 10.5. The lowest BCUT2D eigenvalue weighted by Crippen LogP contribution is -2.11. The minimum absolute atomic E-state index is 0.0552. The maximum Gasteiger partial charge on any atom is 0.310 e. The lowest BCUT2D eigenvalue weighted by Gasteiger charge is -2.05. The van der Waals surface area contributed by atoms with Crippen LogP contribution in [0.15, 0.2) is 29.1 Å². The molecule has 0 radical (unpaired) electrons. The molecule has 0 aliphatic heterocycles. The number of rotatable bonds is 2. The average molecular weight is 235 g/mol. The van der Waals surface area contributed by atoms with E-state index in [0.717, 1.165) is 0 Å². The Bertz CT molecular complexity index is 633. The Morgan fingerprint density at radius 3 is 2.94 bits per heavy atom. The fourth-order valence-electron chi connectivity index (χ4n) is 1.69. The molecular weight excluding hydrogens is 225 g/mol. The molecule has 1 aromatic carbocycles. The number of benzene rings is 1. The molecule has 0 bridgehead atoms. The molecule has 1 heterocycles. The molecule has 5 heteroatoms. The number of carbonyl (C=O) groups is 1. The Balaban J connectivity index is 2.66. The molecule has 0 spiro atoms. The molecule has 17 heavy (non-hydrogen) atoms. The number of hydrogen-bond acceptors (Lipinski definition) is 3. The first kappa shape index (κ1) is 11.3. The lowest BCUT2D eigenvalue weighted by atomic mass is 10.1. The predicted molar refractivity (Wildman–Crippen MR) is 60.2 cm³/mol. The highest BCUT2D eigenvalue weighted by Gasteiger charge is 2.10. The molecule has 88 valence electrons. The summed E-state index contributed by atoms with van der Waals surface area (Å²) in [6, 6.07) is 5.70. The van der Waals surface area contributed by atoms with E-state index in [-0.39, 0.29) is 11.9 Å². The van der Waals surface area contributed by atoms with Crippen molar-refractivity contribution in [3.63, 3.8) is 0 Å². The first-order valence-corrected chi connectivity index (χ1v) is 4.99. The van der Waals surface area contributed by atoms with Crippen LogP contribution in [0.4, 0.5) is 4.39 Å². The monoisotopic (exact) mass is 235 g/mol. The van der Waals surface area contributed by atoms with Crippen molar-refractivity contribution in [3.05, 3.63) is 46.0 Å². The van der Waals surface area contributed by atoms with Crippen LogP contribution in [0.3, 0.4) is 0 Å². The second kappa shape index (κ2) is 4.37. The van der Waals surface area contributed by atoms with Gasteiger partial charge in [0.15, 0.2) is 0 Å². The summed E-state index contributed by atoms with van der Waals surface area (Å²) in [5, 5.41) is 0.509. The lowest BCUT2D eigenvalue weighted by molar-refractivity contribution is -0.139. The van der Waals surface area contributed by atoms with Gasteiger partial charge in [-0.05, 0) is 11.6 Å². The summed E-state index contributed by atoms with van der Waals surface area (Å²) in [6.07, 6.45) is -0.0552. The second-order valence-electron chi connectivity index (χ2n) is 3.57. The average Bonchev–Trinajstić information content (AvgIpc) is 2.30. The summed E-state index contributed by atoms with van der Waals surface area (Å²) in [4.78, 5) is 25.0. The molecular formula is C12H10FNO3. The van der Waals surface area contributed by atoms with Gasteiger partial charge in [0.1, 0.15) is 5.82 Å². The third-order valence-electron chi connectivity index (χ3n) is 2.48. The molecule has 0 aliphatic rings. The molecule has 4 nitrogen and oxygen atoms in total. The molecule has 0 unspecified atom stereocenters. The predicted octanol–water partition coefficient (Wildman–Crippen LogP) is 1.38. The van der Waals surface area contributed by atoms with Crippen LogP contribution in [-0.2, 0) is 16.0 Å². The highest BCUT2D eigenvalue weighted by atomic mass is 19.1. The van der Waals surface area contributed by atoms with Crippen molar-refractivity contribution in [2.45, 2.75) is 6.42 Å². The zero-order valence-corrected chi connectivity index (χ0v) is 9.12. The fraction of sp³-hybridized carbons (Fsp3) is 0.167. The van der Waals surface area contributed by atoms with E-state index in [1.54, 1.807) is 6.07 Å². The van der Waals surface area contributed by atoms with E-state index in [2.05, 4.69) is 9.72 Å². The van der Waals surface area contributed by atoms with E-state index >= 15 is 0 Å². The molecule has 0 atom stereocenters. The minimum atomic E-state index is -0.522. The SMILES string of the molecule is COC(=O)Cc1cc(=O)[nH]c2c(F)cccc12. The Hall–Kier alpha value is -2.17. The van der Waals surface area contributed by atoms with Gasteiger partial charge in [0.2, 0.25) is 5.56 Å². The fourth-order valence-corrected chi connectivity index (χ4v) is 1.69. The third kappa shape index (κ3) is 2.18. The Kier molecular flexibility index (Phi) is 2.91. The van der Waals surface area contributed by atoms with Gasteiger partial charge in [-0.25, -0.2) is 4.39 Å². The van der Waals surface area contributed by atoms with E-state index in [1.807, 2.05) is 0 Å². The summed E-state index contributed by atoms with van der Waals surface area (Å²) < 4.78 is 18.0. The Labute approximate surface area is 96.0 Å². The zero-order valence-electron chi connectivity index (χ0n) is 9.12. The van der Waals surface area contributed by atoms with Gasteiger partial charge in [0, 0.05) is 11.5 Å². The summed E-state index contributed by atoms with van der Waals surface area (Å²) >= 11 is 0. The van der Waals surface area contributed by atoms with Crippen LogP contribution < -0.4 is 5.56 Å². The van der Waals surface area contributed by atoms with E-state index in [9.17, 15) is 14.0 Å². The highest BCUT2D eigenvalue weighted by Crippen LogP contribution is 2.18. The number of aromatic amines is 1. The van der Waals surface area contributed by atoms with Gasteiger partial charge in [0.05, 0.1) is 19.0 Å². The van der Waals surface area contributed by atoms with Gasteiger partial charge in [-0.1, -0.05) is 12.1 Å². The number of pyridine rings is 1. The number of H-pyrrole nitrogens is 1. The number of hydrogen-bond donors (Lipinski definition) is 1. The van der Waals surface area contributed by atoms with Crippen molar-refractivity contribution in [3.8, 4) is 0 Å². The van der Waals surface area contributed by atoms with Crippen LogP contribution in [0, 0.1) is 5.82 Å². The van der Waals surface area contributed by atoms with Gasteiger partial charge in [-0.3, -0.25) is 9.59 Å². The second-order valence-corrected chi connectivity index (χ2v) is 3.57. The van der Waals surface area contributed by atoms with Gasteiger partial charge in [-0.15, -0.1) is 0 Å². The van der Waals surface area contributed by atoms with Crippen molar-refractivity contribution in [1.29, 1.82) is 0 Å². The molecule has 2 aromatic rings. The number of aromatic nitrogens is 1. The number of para-hydroxylation sites is 1. The number of methoxy groups -OCH3 is 1. The topological polar surface area (TPSA) is 59.2 Å². The van der Waals surface area contributed by atoms with Crippen LogP contribution >= 0.6 is 0 Å². The molecule has 2 rings (SSSR count). The van der Waals surface area contributed by atoms with Crippen LogP contribution in [0.25, 0.3) is 10.9 Å². The van der Waals surface area contributed by atoms with Crippen molar-refractivity contribution < 1.29 is 13.9 Å². The summed E-state index contributed by atoms with van der Waals surface area (Å²) in [6.45, 7) is 0. The Morgan fingerprint density at radius 1 is 1.47 bits per heavy atom. The van der Waals surface area contributed by atoms with Crippen LogP contribution in [0.1, 0.15) is 5.56 Å². The number of fused-ring (bicyclic) bond motifs is 1. The number of carbonyl (C=O) groups excluding carboxylic acids is 1. The minimum Gasteiger partial charge on any atom is -0.469 e. The number of esters is 1. The van der Waals surface area contributed by atoms with Gasteiger partial charge in [0.25, 0.3) is 0 Å². The van der Waals surface area contributed by atoms with Crippen LogP contribution in [-0.4, -0.2) is 18.1 Å². The van der Waals surface area contributed by atoms with Crippen molar-refractivity contribution in [2.75, 3.05) is 7.11 Å². The molecule has 0 amide bonds. The molecule has 0 aliphatic carbocycles. The third-order valence-corrected chi connectivity index (χ3v) is 2.48. The maximum absolute atomic E-state index is 13.5. The summed E-state index contributed by atoms with van der Waals surface area (Å²) in [7, 11) is 1.26. The van der Waals surface area contributed by atoms with E-state index < -0.39 is 17.3 Å². The largest absolute Gasteiger partial charge is 0.469 e. The smallest absolute Gasteiger partial charge is 0.310 e. The summed E-state index contributed by atoms with van der Waals surface area (Å²) in [5.41, 5.74) is 0.121. The molecule has 0 saturated carbocycles. The van der Waals surface area contributed by atoms with E-state index in [4.69, 9.17) is 0 Å². The van der Waals surface area contributed by atoms with Crippen molar-refractivity contribution in [1.82, 2.24) is 4.98 Å². The molecule has 1 aromatic heterocycles. The quantitative estimate of drug-likeness (QED) is 0.800. The van der Waals surface area contributed by atoms with Crippen molar-refractivity contribution >= 4 is 16.9 Å². The first-order chi connectivity index (χ1) is 8.11. The number of nitrogens with one attached hydrogen (secondary N) is 1. The van der Waals surface area contributed by atoms with E-state index in [1.165, 1.54) is 25.3 Å². The number of halogens is 1. The molecule has 0 saturated heterocycles. The van der Waals surface area contributed by atoms with Gasteiger partial charge >= 0.3 is 5.97 Å². The number of ether oxygens (including phenoxy) is 1. The molecule has 0 fully saturated rings. The Morgan fingerprint density at radius 2 is 2.24 bits per heavy atom. The summed E-state index contributed by atoms with van der Waals surface area (Å²) in [5.74, 6) is -0.993. The standard InChI is InChI=1S/C12H10FNO3/c1-17-11(16)6-7-5-10(15)14-12-8(7)3-2-4-9(12)13/h2-5H,6H2,1H3,(H,14,15). The zero-order chi connectivity index (χ0) is 12.4. The van der Waals surface area contributed by atoms with E-state index in [0.29, 0.717) is 10.9 Å². The van der Waals surface area contributed by atoms with Crippen molar-refractivity contribution in [2.24, 2.45) is 0 Å². The highest BCUT2D eigenvalue weighted by molar-refractivity contribution is 5.86. The van der Waals surface area contributed by atoms with Gasteiger partial charge in [-0.2, -0.15) is 0 Å². The first-order valence-electron chi connectivity index (χ1n) is 4.99.